The number of rotatable bonds is 9. The summed E-state index contributed by atoms with van der Waals surface area (Å²) in [5.74, 6) is 0.628. The summed E-state index contributed by atoms with van der Waals surface area (Å²) in [6.45, 7) is 11.0. The fraction of sp³-hybridized carbons (Fsp3) is 0.471. The van der Waals surface area contributed by atoms with Crippen molar-refractivity contribution in [1.82, 2.24) is 15.4 Å². The fourth-order valence-corrected chi connectivity index (χ4v) is 3.63. The minimum atomic E-state index is -3.36. The number of benzene rings is 1. The van der Waals surface area contributed by atoms with Crippen molar-refractivity contribution in [2.24, 2.45) is 4.99 Å². The van der Waals surface area contributed by atoms with Crippen LogP contribution < -0.4 is 15.4 Å². The van der Waals surface area contributed by atoms with Crippen LogP contribution in [-0.4, -0.2) is 33.5 Å². The van der Waals surface area contributed by atoms with Gasteiger partial charge in [-0.3, -0.25) is 0 Å². The van der Waals surface area contributed by atoms with Gasteiger partial charge in [-0.1, -0.05) is 30.3 Å². The molecule has 0 amide bonds. The maximum absolute atomic E-state index is 12.2. The van der Waals surface area contributed by atoms with Gasteiger partial charge in [-0.05, 0) is 31.9 Å². The molecule has 0 aliphatic rings. The molecule has 0 radical (unpaired) electrons. The number of sulfonamides is 1. The Balaban J connectivity index is 2.91. The van der Waals surface area contributed by atoms with Gasteiger partial charge >= 0.3 is 0 Å². The van der Waals surface area contributed by atoms with Gasteiger partial charge in [-0.2, -0.15) is 0 Å². The number of hydrogen-bond donors (Lipinski definition) is 3. The van der Waals surface area contributed by atoms with E-state index < -0.39 is 10.0 Å². The van der Waals surface area contributed by atoms with Gasteiger partial charge in [0, 0.05) is 19.1 Å². The molecule has 0 saturated heterocycles. The highest BCUT2D eigenvalue weighted by Crippen LogP contribution is 2.13. The normalized spacial score (nSPS) is 12.2. The molecule has 3 N–H and O–H groups in total. The molecule has 0 spiro atoms. The summed E-state index contributed by atoms with van der Waals surface area (Å²) in [4.78, 5) is 4.50. The molecule has 7 heteroatoms. The molecule has 0 unspecified atom stereocenters. The van der Waals surface area contributed by atoms with E-state index >= 15 is 0 Å². The van der Waals surface area contributed by atoms with Crippen LogP contribution in [0, 0.1) is 0 Å². The Hall–Kier alpha value is -1.86. The Kier molecular flexibility index (Phi) is 8.49. The highest BCUT2D eigenvalue weighted by atomic mass is 32.2. The van der Waals surface area contributed by atoms with Crippen molar-refractivity contribution in [3.8, 4) is 0 Å². The minimum Gasteiger partial charge on any atom is -0.357 e. The van der Waals surface area contributed by atoms with Gasteiger partial charge in [0.2, 0.25) is 10.0 Å². The summed E-state index contributed by atoms with van der Waals surface area (Å²) < 4.78 is 26.9. The first kappa shape index (κ1) is 20.2. The van der Waals surface area contributed by atoms with Gasteiger partial charge in [0.05, 0.1) is 12.3 Å². The zero-order valence-electron chi connectivity index (χ0n) is 14.7. The van der Waals surface area contributed by atoms with Crippen LogP contribution in [0.1, 0.15) is 31.9 Å². The zero-order chi connectivity index (χ0) is 18.0. The van der Waals surface area contributed by atoms with E-state index in [-0.39, 0.29) is 11.8 Å². The van der Waals surface area contributed by atoms with E-state index in [1.165, 1.54) is 0 Å². The lowest BCUT2D eigenvalue weighted by Crippen LogP contribution is -2.37. The fourth-order valence-electron chi connectivity index (χ4n) is 2.13. The minimum absolute atomic E-state index is 0.0481. The first-order valence-corrected chi connectivity index (χ1v) is 9.73. The monoisotopic (exact) mass is 352 g/mol. The van der Waals surface area contributed by atoms with Crippen LogP contribution in [-0.2, 0) is 22.3 Å². The Bertz CT molecular complexity index is 654. The van der Waals surface area contributed by atoms with Gasteiger partial charge in [-0.15, -0.1) is 6.58 Å². The van der Waals surface area contributed by atoms with Gasteiger partial charge in [0.15, 0.2) is 5.96 Å². The van der Waals surface area contributed by atoms with Crippen molar-refractivity contribution in [3.63, 3.8) is 0 Å². The van der Waals surface area contributed by atoms with Crippen LogP contribution in [0.5, 0.6) is 0 Å². The molecule has 24 heavy (non-hydrogen) atoms. The Labute approximate surface area is 145 Å². The lowest BCUT2D eigenvalue weighted by Gasteiger charge is -2.13. The predicted octanol–water partition coefficient (Wildman–Crippen LogP) is 1.76. The highest BCUT2D eigenvalue weighted by Gasteiger charge is 2.15. The lowest BCUT2D eigenvalue weighted by molar-refractivity contribution is 0.569. The van der Waals surface area contributed by atoms with Crippen LogP contribution >= 0.6 is 0 Å². The quantitative estimate of drug-likeness (QED) is 0.359. The summed E-state index contributed by atoms with van der Waals surface area (Å²) in [6.07, 6.45) is 1.75. The first-order valence-electron chi connectivity index (χ1n) is 8.07. The van der Waals surface area contributed by atoms with E-state index in [0.717, 1.165) is 17.7 Å². The molecule has 0 fully saturated rings. The summed E-state index contributed by atoms with van der Waals surface area (Å²) >= 11 is 0. The molecule has 0 atom stereocenters. The molecule has 134 valence electrons. The number of guanidine groups is 1. The standard InChI is InChI=1S/C17H28N4O2S/c1-5-11-19-17(18-6-2)20-12-15-9-7-8-10-16(15)13-24(22,23)21-14(3)4/h5,7-10,14,21H,1,6,11-13H2,2-4H3,(H2,18,19,20). The van der Waals surface area contributed by atoms with Crippen molar-refractivity contribution < 1.29 is 8.42 Å². The largest absolute Gasteiger partial charge is 0.357 e. The second-order valence-electron chi connectivity index (χ2n) is 5.67. The van der Waals surface area contributed by atoms with E-state index in [0.29, 0.717) is 19.0 Å². The molecule has 0 aliphatic heterocycles. The third kappa shape index (κ3) is 7.61. The zero-order valence-corrected chi connectivity index (χ0v) is 15.5. The SMILES string of the molecule is C=CCNC(=NCc1ccccc1CS(=O)(=O)NC(C)C)NCC. The topological polar surface area (TPSA) is 82.6 Å². The number of aliphatic imine (C=N–C) groups is 1. The number of nitrogens with one attached hydrogen (secondary N) is 3. The van der Waals surface area contributed by atoms with Gasteiger partial charge in [0.25, 0.3) is 0 Å². The average molecular weight is 353 g/mol. The maximum Gasteiger partial charge on any atom is 0.216 e. The molecule has 0 saturated carbocycles. The van der Waals surface area contributed by atoms with Crippen molar-refractivity contribution in [1.29, 1.82) is 0 Å². The number of nitrogens with zero attached hydrogens (tertiary/aromatic N) is 1. The molecule has 1 aromatic rings. The molecule has 6 nitrogen and oxygen atoms in total. The summed E-state index contributed by atoms with van der Waals surface area (Å²) in [5.41, 5.74) is 1.65. The van der Waals surface area contributed by atoms with Crippen LogP contribution in [0.15, 0.2) is 41.9 Å². The summed E-state index contributed by atoms with van der Waals surface area (Å²) in [6, 6.07) is 7.34. The average Bonchev–Trinajstić information content (AvgIpc) is 2.49. The van der Waals surface area contributed by atoms with Crippen molar-refractivity contribution >= 4 is 16.0 Å². The van der Waals surface area contributed by atoms with Gasteiger partial charge in [-0.25, -0.2) is 18.1 Å². The third-order valence-electron chi connectivity index (χ3n) is 3.04. The highest BCUT2D eigenvalue weighted by molar-refractivity contribution is 7.88. The Morgan fingerprint density at radius 1 is 1.25 bits per heavy atom. The van der Waals surface area contributed by atoms with Crippen LogP contribution in [0.2, 0.25) is 0 Å². The van der Waals surface area contributed by atoms with Crippen molar-refractivity contribution in [3.05, 3.63) is 48.0 Å². The molecular formula is C17H28N4O2S. The second kappa shape index (κ2) is 10.1. The lowest BCUT2D eigenvalue weighted by atomic mass is 10.1. The molecule has 0 aromatic heterocycles. The van der Waals surface area contributed by atoms with Crippen LogP contribution in [0.25, 0.3) is 0 Å². The van der Waals surface area contributed by atoms with E-state index in [4.69, 9.17) is 0 Å². The predicted molar refractivity (Wildman–Crippen MR) is 100 cm³/mol. The first-order chi connectivity index (χ1) is 11.4. The molecular weight excluding hydrogens is 324 g/mol. The Morgan fingerprint density at radius 3 is 2.50 bits per heavy atom. The van der Waals surface area contributed by atoms with Crippen LogP contribution in [0.4, 0.5) is 0 Å². The molecule has 1 aromatic carbocycles. The summed E-state index contributed by atoms with van der Waals surface area (Å²) in [5, 5.41) is 6.27. The maximum atomic E-state index is 12.2. The van der Waals surface area contributed by atoms with E-state index in [9.17, 15) is 8.42 Å². The van der Waals surface area contributed by atoms with Crippen molar-refractivity contribution in [2.75, 3.05) is 13.1 Å². The third-order valence-corrected chi connectivity index (χ3v) is 4.57. The van der Waals surface area contributed by atoms with Gasteiger partial charge in [0.1, 0.15) is 0 Å². The number of hydrogen-bond acceptors (Lipinski definition) is 3. The van der Waals surface area contributed by atoms with E-state index in [2.05, 4.69) is 26.9 Å². The molecule has 0 aliphatic carbocycles. The molecule has 1 rings (SSSR count). The summed E-state index contributed by atoms with van der Waals surface area (Å²) in [7, 11) is -3.36. The van der Waals surface area contributed by atoms with Crippen LogP contribution in [0.3, 0.4) is 0 Å². The molecule has 0 heterocycles. The van der Waals surface area contributed by atoms with Crippen molar-refractivity contribution in [2.45, 2.75) is 39.1 Å². The Morgan fingerprint density at radius 2 is 1.92 bits per heavy atom. The molecule has 0 bridgehead atoms. The van der Waals surface area contributed by atoms with E-state index in [1.807, 2.05) is 45.0 Å². The second-order valence-corrected chi connectivity index (χ2v) is 7.42. The smallest absolute Gasteiger partial charge is 0.216 e. The van der Waals surface area contributed by atoms with Gasteiger partial charge < -0.3 is 10.6 Å². The van der Waals surface area contributed by atoms with E-state index in [1.54, 1.807) is 6.08 Å².